The van der Waals surface area contributed by atoms with Crippen molar-refractivity contribution in [1.82, 2.24) is 4.90 Å². The van der Waals surface area contributed by atoms with Crippen LogP contribution >= 0.6 is 15.9 Å². The molecule has 0 spiro atoms. The molecule has 3 rings (SSSR count). The van der Waals surface area contributed by atoms with E-state index in [1.54, 1.807) is 21.3 Å². The highest BCUT2D eigenvalue weighted by atomic mass is 79.9. The molecule has 0 saturated carbocycles. The number of carbonyl (C=O) groups excluding carboxylic acids is 1. The van der Waals surface area contributed by atoms with Crippen LogP contribution in [0, 0.1) is 0 Å². The molecule has 0 radical (unpaired) electrons. The molecule has 0 aromatic heterocycles. The van der Waals surface area contributed by atoms with E-state index < -0.39 is 0 Å². The number of nitrogens with zero attached hydrogens (tertiary/aromatic N) is 1. The minimum atomic E-state index is -0.0310. The van der Waals surface area contributed by atoms with Crippen LogP contribution in [0.3, 0.4) is 0 Å². The molecule has 2 aromatic carbocycles. The maximum absolute atomic E-state index is 11.6. The quantitative estimate of drug-likeness (QED) is 0.668. The maximum Gasteiger partial charge on any atom is 0.210 e. The van der Waals surface area contributed by atoms with Gasteiger partial charge < -0.3 is 19.1 Å². The lowest BCUT2D eigenvalue weighted by atomic mass is 9.89. The van der Waals surface area contributed by atoms with E-state index in [-0.39, 0.29) is 6.04 Å². The molecule has 1 aliphatic rings. The van der Waals surface area contributed by atoms with Crippen LogP contribution in [0.2, 0.25) is 0 Å². The van der Waals surface area contributed by atoms with E-state index in [4.69, 9.17) is 14.2 Å². The highest BCUT2D eigenvalue weighted by molar-refractivity contribution is 9.10. The second-order valence-corrected chi connectivity index (χ2v) is 7.03. The van der Waals surface area contributed by atoms with Crippen molar-refractivity contribution in [2.75, 3.05) is 27.9 Å². The highest BCUT2D eigenvalue weighted by Gasteiger charge is 2.28. The van der Waals surface area contributed by atoms with Gasteiger partial charge in [0.15, 0.2) is 11.5 Å². The molecule has 5 nitrogen and oxygen atoms in total. The van der Waals surface area contributed by atoms with Gasteiger partial charge in [-0.25, -0.2) is 0 Å². The van der Waals surface area contributed by atoms with Crippen LogP contribution in [0.15, 0.2) is 34.8 Å². The Labute approximate surface area is 162 Å². The first-order valence-corrected chi connectivity index (χ1v) is 9.18. The van der Waals surface area contributed by atoms with Gasteiger partial charge in [0.1, 0.15) is 5.75 Å². The van der Waals surface area contributed by atoms with Crippen molar-refractivity contribution in [2.24, 2.45) is 0 Å². The summed E-state index contributed by atoms with van der Waals surface area (Å²) in [6, 6.07) is 9.90. The Hall–Kier alpha value is -2.21. The van der Waals surface area contributed by atoms with Gasteiger partial charge in [0.2, 0.25) is 6.41 Å². The summed E-state index contributed by atoms with van der Waals surface area (Å²) in [6.45, 7) is 0.694. The van der Waals surface area contributed by atoms with Crippen LogP contribution < -0.4 is 14.2 Å². The molecular weight excluding hydrogens is 398 g/mol. The summed E-state index contributed by atoms with van der Waals surface area (Å²) in [6.07, 6.45) is 2.44. The fourth-order valence-electron chi connectivity index (χ4n) is 3.45. The smallest absolute Gasteiger partial charge is 0.210 e. The van der Waals surface area contributed by atoms with E-state index >= 15 is 0 Å². The SMILES string of the molecule is COc1ccc2c(c1)CCN(C=O)[C@H]2Cc1cc(OC)c(OC)cc1Br. The zero-order valence-electron chi connectivity index (χ0n) is 15.1. The van der Waals surface area contributed by atoms with Crippen molar-refractivity contribution in [3.8, 4) is 17.2 Å². The summed E-state index contributed by atoms with van der Waals surface area (Å²) < 4.78 is 17.1. The van der Waals surface area contributed by atoms with Crippen molar-refractivity contribution < 1.29 is 19.0 Å². The standard InChI is InChI=1S/C20H22BrNO4/c1-24-15-4-5-16-13(8-15)6-7-22(12-23)18(16)9-14-10-19(25-2)20(26-3)11-17(14)21/h4-5,8,10-12,18H,6-7,9H2,1-3H3/t18-/m0/s1. The van der Waals surface area contributed by atoms with Gasteiger partial charge in [-0.15, -0.1) is 0 Å². The average Bonchev–Trinajstić information content (AvgIpc) is 2.68. The Morgan fingerprint density at radius 1 is 1.12 bits per heavy atom. The molecule has 1 atom stereocenters. The number of methoxy groups -OCH3 is 3. The Balaban J connectivity index is 1.99. The molecule has 138 valence electrons. The Morgan fingerprint density at radius 2 is 1.85 bits per heavy atom. The van der Waals surface area contributed by atoms with Gasteiger partial charge in [-0.1, -0.05) is 22.0 Å². The van der Waals surface area contributed by atoms with Crippen LogP contribution in [0.4, 0.5) is 0 Å². The topological polar surface area (TPSA) is 48.0 Å². The number of hydrogen-bond donors (Lipinski definition) is 0. The first-order valence-electron chi connectivity index (χ1n) is 8.39. The Bertz CT molecular complexity index is 809. The molecule has 1 heterocycles. The molecule has 2 aromatic rings. The maximum atomic E-state index is 11.6. The van der Waals surface area contributed by atoms with Gasteiger partial charge in [-0.3, -0.25) is 4.79 Å². The molecule has 0 bridgehead atoms. The molecule has 0 unspecified atom stereocenters. The lowest BCUT2D eigenvalue weighted by Crippen LogP contribution is -2.35. The zero-order chi connectivity index (χ0) is 18.7. The first-order chi connectivity index (χ1) is 12.6. The molecule has 6 heteroatoms. The number of halogens is 1. The van der Waals surface area contributed by atoms with Crippen LogP contribution in [-0.2, 0) is 17.6 Å². The minimum absolute atomic E-state index is 0.0310. The molecule has 0 saturated heterocycles. The second-order valence-electron chi connectivity index (χ2n) is 6.18. The van der Waals surface area contributed by atoms with E-state index in [0.29, 0.717) is 24.5 Å². The fourth-order valence-corrected chi connectivity index (χ4v) is 3.93. The Kier molecular flexibility index (Phi) is 5.71. The number of rotatable bonds is 6. The predicted octanol–water partition coefficient (Wildman–Crippen LogP) is 3.77. The van der Waals surface area contributed by atoms with E-state index in [1.165, 1.54) is 5.56 Å². The third kappa shape index (κ3) is 3.51. The van der Waals surface area contributed by atoms with Crippen LogP contribution in [-0.4, -0.2) is 39.2 Å². The molecule has 0 aliphatic carbocycles. The van der Waals surface area contributed by atoms with Crippen molar-refractivity contribution in [1.29, 1.82) is 0 Å². The Morgan fingerprint density at radius 3 is 2.50 bits per heavy atom. The first kappa shape index (κ1) is 18.6. The van der Waals surface area contributed by atoms with E-state index in [2.05, 4.69) is 28.1 Å². The van der Waals surface area contributed by atoms with Gasteiger partial charge >= 0.3 is 0 Å². The molecule has 0 N–H and O–H groups in total. The normalized spacial score (nSPS) is 16.0. The number of fused-ring (bicyclic) bond motifs is 1. The number of benzene rings is 2. The van der Waals surface area contributed by atoms with Crippen molar-refractivity contribution in [2.45, 2.75) is 18.9 Å². The molecule has 26 heavy (non-hydrogen) atoms. The fraction of sp³-hybridized carbons (Fsp3) is 0.350. The van der Waals surface area contributed by atoms with E-state index in [0.717, 1.165) is 34.2 Å². The highest BCUT2D eigenvalue weighted by Crippen LogP contribution is 2.38. The van der Waals surface area contributed by atoms with Crippen molar-refractivity contribution >= 4 is 22.3 Å². The van der Waals surface area contributed by atoms with Gasteiger partial charge in [0.25, 0.3) is 0 Å². The second kappa shape index (κ2) is 7.99. The lowest BCUT2D eigenvalue weighted by molar-refractivity contribution is -0.120. The van der Waals surface area contributed by atoms with Gasteiger partial charge in [0, 0.05) is 11.0 Å². The number of hydrogen-bond acceptors (Lipinski definition) is 4. The number of ether oxygens (including phenoxy) is 3. The summed E-state index contributed by atoms with van der Waals surface area (Å²) in [5.74, 6) is 2.19. The largest absolute Gasteiger partial charge is 0.497 e. The van der Waals surface area contributed by atoms with Crippen LogP contribution in [0.5, 0.6) is 17.2 Å². The van der Waals surface area contributed by atoms with Crippen molar-refractivity contribution in [3.05, 3.63) is 51.5 Å². The van der Waals surface area contributed by atoms with Gasteiger partial charge in [-0.2, -0.15) is 0 Å². The molecule has 1 amide bonds. The van der Waals surface area contributed by atoms with Crippen molar-refractivity contribution in [3.63, 3.8) is 0 Å². The monoisotopic (exact) mass is 419 g/mol. The number of amides is 1. The van der Waals surface area contributed by atoms with Gasteiger partial charge in [-0.05, 0) is 53.8 Å². The van der Waals surface area contributed by atoms with Crippen LogP contribution in [0.25, 0.3) is 0 Å². The molecular formula is C20H22BrNO4. The zero-order valence-corrected chi connectivity index (χ0v) is 16.7. The van der Waals surface area contributed by atoms with E-state index in [9.17, 15) is 4.79 Å². The summed E-state index contributed by atoms with van der Waals surface area (Å²) in [5, 5.41) is 0. The van der Waals surface area contributed by atoms with Gasteiger partial charge in [0.05, 0.1) is 27.4 Å². The molecule has 1 aliphatic heterocycles. The average molecular weight is 420 g/mol. The summed E-state index contributed by atoms with van der Waals surface area (Å²) >= 11 is 3.62. The van der Waals surface area contributed by atoms with Crippen LogP contribution in [0.1, 0.15) is 22.7 Å². The predicted molar refractivity (Wildman–Crippen MR) is 103 cm³/mol. The summed E-state index contributed by atoms with van der Waals surface area (Å²) in [7, 11) is 4.90. The third-order valence-electron chi connectivity index (χ3n) is 4.85. The number of carbonyl (C=O) groups is 1. The minimum Gasteiger partial charge on any atom is -0.497 e. The molecule has 0 fully saturated rings. The summed E-state index contributed by atoms with van der Waals surface area (Å²) in [5.41, 5.74) is 3.44. The lowest BCUT2D eigenvalue weighted by Gasteiger charge is -2.35. The summed E-state index contributed by atoms with van der Waals surface area (Å²) in [4.78, 5) is 13.5. The van der Waals surface area contributed by atoms with E-state index in [1.807, 2.05) is 23.1 Å². The third-order valence-corrected chi connectivity index (χ3v) is 5.59.